The Morgan fingerprint density at radius 3 is 2.47 bits per heavy atom. The maximum absolute atomic E-state index is 13.0. The van der Waals surface area contributed by atoms with E-state index in [1.807, 2.05) is 19.9 Å². The molecular weight excluding hydrogens is 408 g/mol. The molecule has 1 saturated heterocycles. The van der Waals surface area contributed by atoms with Gasteiger partial charge in [-0.15, -0.1) is 0 Å². The molecule has 0 saturated carbocycles. The number of nitrogens with zero attached hydrogens (tertiary/aromatic N) is 1. The monoisotopic (exact) mass is 438 g/mol. The van der Waals surface area contributed by atoms with E-state index in [4.69, 9.17) is 5.73 Å². The Bertz CT molecular complexity index is 857. The smallest absolute Gasteiger partial charge is 0.240 e. The average Bonchev–Trinajstić information content (AvgIpc) is 2.67. The van der Waals surface area contributed by atoms with Crippen LogP contribution in [0.4, 0.5) is 0 Å². The van der Waals surface area contributed by atoms with E-state index in [1.54, 1.807) is 24.3 Å². The Morgan fingerprint density at radius 2 is 1.90 bits per heavy atom. The quantitative estimate of drug-likeness (QED) is 0.457. The van der Waals surface area contributed by atoms with E-state index in [0.29, 0.717) is 6.42 Å². The van der Waals surface area contributed by atoms with E-state index in [9.17, 15) is 22.8 Å². The highest BCUT2D eigenvalue weighted by Crippen LogP contribution is 2.16. The van der Waals surface area contributed by atoms with Gasteiger partial charge >= 0.3 is 0 Å². The molecule has 1 heterocycles. The standard InChI is InChI=1S/C20H30N4O5S/c1-14(2)10-17(19(21)26)23-20(27)16(11-15-6-4-3-5-7-15)13-30(28,29)24-9-8-22-18(25)12-24/h3-7,14,16-17H,8-13H2,1-2H3,(H2,21,26)(H,22,25)(H,23,27)/t16?,17-/m0/s1. The maximum Gasteiger partial charge on any atom is 0.240 e. The minimum absolute atomic E-state index is 0.117. The molecule has 0 aliphatic carbocycles. The number of nitrogens with one attached hydrogen (secondary N) is 2. The summed E-state index contributed by atoms with van der Waals surface area (Å²) in [7, 11) is -3.86. The van der Waals surface area contributed by atoms with Crippen molar-refractivity contribution in [1.82, 2.24) is 14.9 Å². The van der Waals surface area contributed by atoms with Crippen molar-refractivity contribution in [2.45, 2.75) is 32.7 Å². The minimum atomic E-state index is -3.86. The van der Waals surface area contributed by atoms with Crippen LogP contribution in [0.3, 0.4) is 0 Å². The van der Waals surface area contributed by atoms with E-state index in [2.05, 4.69) is 10.6 Å². The Kier molecular flexibility index (Phi) is 8.36. The zero-order valence-electron chi connectivity index (χ0n) is 17.3. The van der Waals surface area contributed by atoms with Crippen molar-refractivity contribution in [3.63, 3.8) is 0 Å². The highest BCUT2D eigenvalue weighted by molar-refractivity contribution is 7.89. The number of carbonyl (C=O) groups excluding carboxylic acids is 3. The Morgan fingerprint density at radius 1 is 1.23 bits per heavy atom. The van der Waals surface area contributed by atoms with Crippen molar-refractivity contribution in [3.8, 4) is 0 Å². The molecule has 3 amide bonds. The van der Waals surface area contributed by atoms with Gasteiger partial charge in [0.25, 0.3) is 0 Å². The van der Waals surface area contributed by atoms with Crippen LogP contribution in [0, 0.1) is 11.8 Å². The van der Waals surface area contributed by atoms with Crippen molar-refractivity contribution >= 4 is 27.7 Å². The lowest BCUT2D eigenvalue weighted by atomic mass is 9.98. The van der Waals surface area contributed by atoms with Gasteiger partial charge in [0, 0.05) is 13.1 Å². The van der Waals surface area contributed by atoms with Crippen LogP contribution in [0.2, 0.25) is 0 Å². The summed E-state index contributed by atoms with van der Waals surface area (Å²) < 4.78 is 26.9. The molecule has 10 heteroatoms. The van der Waals surface area contributed by atoms with Crippen LogP contribution in [0.25, 0.3) is 0 Å². The summed E-state index contributed by atoms with van der Waals surface area (Å²) in [6.07, 6.45) is 0.539. The third-order valence-electron chi connectivity index (χ3n) is 4.87. The first-order valence-corrected chi connectivity index (χ1v) is 11.6. The van der Waals surface area contributed by atoms with Crippen molar-refractivity contribution in [1.29, 1.82) is 0 Å². The molecule has 4 N–H and O–H groups in total. The van der Waals surface area contributed by atoms with Crippen LogP contribution in [0.5, 0.6) is 0 Å². The van der Waals surface area contributed by atoms with Crippen molar-refractivity contribution in [2.75, 3.05) is 25.4 Å². The van der Waals surface area contributed by atoms with Crippen LogP contribution < -0.4 is 16.4 Å². The van der Waals surface area contributed by atoms with Gasteiger partial charge in [0.15, 0.2) is 0 Å². The van der Waals surface area contributed by atoms with Gasteiger partial charge in [-0.2, -0.15) is 4.31 Å². The molecule has 30 heavy (non-hydrogen) atoms. The van der Waals surface area contributed by atoms with Gasteiger partial charge in [-0.1, -0.05) is 44.2 Å². The highest BCUT2D eigenvalue weighted by atomic mass is 32.2. The van der Waals surface area contributed by atoms with Gasteiger partial charge in [0.1, 0.15) is 6.04 Å². The Balaban J connectivity index is 2.22. The number of amides is 3. The summed E-state index contributed by atoms with van der Waals surface area (Å²) in [5.41, 5.74) is 6.22. The van der Waals surface area contributed by atoms with E-state index in [0.717, 1.165) is 9.87 Å². The predicted octanol–water partition coefficient (Wildman–Crippen LogP) is -0.377. The van der Waals surface area contributed by atoms with Crippen LogP contribution >= 0.6 is 0 Å². The fraction of sp³-hybridized carbons (Fsp3) is 0.550. The Hall–Kier alpha value is -2.46. The lowest BCUT2D eigenvalue weighted by molar-refractivity contribution is -0.129. The topological polar surface area (TPSA) is 139 Å². The molecule has 0 radical (unpaired) electrons. The zero-order chi connectivity index (χ0) is 22.3. The third kappa shape index (κ3) is 7.10. The van der Waals surface area contributed by atoms with Gasteiger partial charge in [-0.05, 0) is 24.3 Å². The van der Waals surface area contributed by atoms with E-state index in [1.165, 1.54) is 0 Å². The fourth-order valence-corrected chi connectivity index (χ4v) is 5.02. The van der Waals surface area contributed by atoms with Gasteiger partial charge in [-0.25, -0.2) is 8.42 Å². The van der Waals surface area contributed by atoms with Crippen LogP contribution in [-0.2, 0) is 30.8 Å². The first kappa shape index (κ1) is 23.8. The van der Waals surface area contributed by atoms with Crippen molar-refractivity contribution in [3.05, 3.63) is 35.9 Å². The number of nitrogens with two attached hydrogens (primary N) is 1. The lowest BCUT2D eigenvalue weighted by Gasteiger charge is -2.28. The predicted molar refractivity (Wildman–Crippen MR) is 113 cm³/mol. The molecule has 1 aliphatic heterocycles. The second kappa shape index (κ2) is 10.5. The van der Waals surface area contributed by atoms with Crippen molar-refractivity contribution < 1.29 is 22.8 Å². The molecule has 1 aromatic rings. The average molecular weight is 439 g/mol. The normalized spacial score (nSPS) is 17.2. The molecular formula is C20H30N4O5S. The van der Waals surface area contributed by atoms with Crippen molar-refractivity contribution in [2.24, 2.45) is 17.6 Å². The molecule has 2 atom stereocenters. The summed E-state index contributed by atoms with van der Waals surface area (Å²) in [4.78, 5) is 36.4. The van der Waals surface area contributed by atoms with Crippen LogP contribution in [0.1, 0.15) is 25.8 Å². The SMILES string of the molecule is CC(C)C[C@H](NC(=O)C(Cc1ccccc1)CS(=O)(=O)N1CCNC(=O)C1)C(N)=O. The summed E-state index contributed by atoms with van der Waals surface area (Å²) in [5, 5.41) is 5.21. The molecule has 0 bridgehead atoms. The summed E-state index contributed by atoms with van der Waals surface area (Å²) in [5.74, 6) is -2.87. The number of hydrogen-bond acceptors (Lipinski definition) is 5. The fourth-order valence-electron chi connectivity index (χ4n) is 3.35. The number of rotatable bonds is 10. The van der Waals surface area contributed by atoms with Gasteiger partial charge in [-0.3, -0.25) is 14.4 Å². The summed E-state index contributed by atoms with van der Waals surface area (Å²) in [6, 6.07) is 8.17. The second-order valence-corrected chi connectivity index (χ2v) is 9.96. The zero-order valence-corrected chi connectivity index (χ0v) is 18.2. The molecule has 1 aliphatic rings. The summed E-state index contributed by atoms with van der Waals surface area (Å²) in [6.45, 7) is 3.92. The molecule has 0 spiro atoms. The molecule has 1 fully saturated rings. The number of primary amides is 1. The number of hydrogen-bond donors (Lipinski definition) is 3. The van der Waals surface area contributed by atoms with Gasteiger partial charge in [0.2, 0.25) is 27.7 Å². The first-order valence-electron chi connectivity index (χ1n) is 9.96. The number of carbonyl (C=O) groups is 3. The van der Waals surface area contributed by atoms with Gasteiger partial charge in [0.05, 0.1) is 18.2 Å². The number of piperazine rings is 1. The Labute approximate surface area is 177 Å². The molecule has 1 aromatic carbocycles. The maximum atomic E-state index is 13.0. The van der Waals surface area contributed by atoms with E-state index in [-0.39, 0.29) is 37.9 Å². The second-order valence-electron chi connectivity index (χ2n) is 7.94. The van der Waals surface area contributed by atoms with E-state index < -0.39 is 39.6 Å². The number of benzene rings is 1. The molecule has 0 aromatic heterocycles. The molecule has 166 valence electrons. The first-order chi connectivity index (χ1) is 14.1. The number of sulfonamides is 1. The molecule has 9 nitrogen and oxygen atoms in total. The van der Waals surface area contributed by atoms with Gasteiger partial charge < -0.3 is 16.4 Å². The minimum Gasteiger partial charge on any atom is -0.368 e. The highest BCUT2D eigenvalue weighted by Gasteiger charge is 2.34. The van der Waals surface area contributed by atoms with Crippen LogP contribution in [-0.4, -0.2) is 61.9 Å². The molecule has 1 unspecified atom stereocenters. The summed E-state index contributed by atoms with van der Waals surface area (Å²) >= 11 is 0. The third-order valence-corrected chi connectivity index (χ3v) is 6.79. The van der Waals surface area contributed by atoms with E-state index >= 15 is 0 Å². The molecule has 2 rings (SSSR count). The lowest BCUT2D eigenvalue weighted by Crippen LogP contribution is -2.53. The largest absolute Gasteiger partial charge is 0.368 e. The van der Waals surface area contributed by atoms with Crippen LogP contribution in [0.15, 0.2) is 30.3 Å².